The normalized spacial score (nSPS) is 13.0. The van der Waals surface area contributed by atoms with Crippen LogP contribution in [0.1, 0.15) is 33.4 Å². The van der Waals surface area contributed by atoms with Gasteiger partial charge in [0.2, 0.25) is 0 Å². The predicted octanol–water partition coefficient (Wildman–Crippen LogP) is 5.85. The Hall–Kier alpha value is -2.34. The van der Waals surface area contributed by atoms with E-state index in [0.29, 0.717) is 0 Å². The molecule has 0 nitrogen and oxygen atoms in total. The summed E-state index contributed by atoms with van der Waals surface area (Å²) in [6, 6.07) is 13.5. The van der Waals surface area contributed by atoms with Gasteiger partial charge in [0.1, 0.15) is 0 Å². The van der Waals surface area contributed by atoms with Gasteiger partial charge in [-0.3, -0.25) is 0 Å². The Kier molecular flexibility index (Phi) is 3.85. The molecule has 0 fully saturated rings. The molecule has 22 heavy (non-hydrogen) atoms. The van der Waals surface area contributed by atoms with Crippen LogP contribution in [-0.4, -0.2) is 0 Å². The van der Waals surface area contributed by atoms with Gasteiger partial charge in [-0.05, 0) is 72.2 Å². The molecule has 0 unspecified atom stereocenters. The van der Waals surface area contributed by atoms with E-state index >= 15 is 0 Å². The summed E-state index contributed by atoms with van der Waals surface area (Å²) in [6.07, 6.45) is 8.61. The maximum atomic E-state index is 2.30. The van der Waals surface area contributed by atoms with E-state index in [1.54, 1.807) is 0 Å². The van der Waals surface area contributed by atoms with Crippen LogP contribution in [0, 0.1) is 27.7 Å². The molecule has 0 radical (unpaired) electrons. The van der Waals surface area contributed by atoms with Crippen molar-refractivity contribution in [2.45, 2.75) is 27.7 Å². The lowest BCUT2D eigenvalue weighted by Crippen LogP contribution is -1.95. The average molecular weight is 286 g/mol. The zero-order valence-corrected chi connectivity index (χ0v) is 13.8. The summed E-state index contributed by atoms with van der Waals surface area (Å²) in [5.41, 5.74) is 10.5. The van der Waals surface area contributed by atoms with Crippen molar-refractivity contribution in [2.24, 2.45) is 0 Å². The fraction of sp³-hybridized carbons (Fsp3) is 0.182. The van der Waals surface area contributed by atoms with Crippen LogP contribution < -0.4 is 0 Å². The van der Waals surface area contributed by atoms with E-state index < -0.39 is 0 Å². The maximum Gasteiger partial charge on any atom is -0.00387 e. The number of rotatable bonds is 2. The molecule has 0 atom stereocenters. The Labute approximate surface area is 133 Å². The minimum Gasteiger partial charge on any atom is -0.0616 e. The standard InChI is InChI=1S/C22H22/c1-15-9-11-20(13-17(15)3)22(19-7-5-6-8-19)21-12-10-16(2)18(4)14-21/h5-14H,1-4H3. The highest BCUT2D eigenvalue weighted by molar-refractivity contribution is 5.86. The van der Waals surface area contributed by atoms with Crippen LogP contribution in [0.5, 0.6) is 0 Å². The lowest BCUT2D eigenvalue weighted by atomic mass is 9.90. The van der Waals surface area contributed by atoms with Crippen LogP contribution in [0.15, 0.2) is 66.3 Å². The molecule has 0 heteroatoms. The van der Waals surface area contributed by atoms with Crippen molar-refractivity contribution < 1.29 is 0 Å². The fourth-order valence-electron chi connectivity index (χ4n) is 2.83. The molecule has 110 valence electrons. The SMILES string of the molecule is Cc1ccc(C(=C2C=CC=C2)c2ccc(C)c(C)c2)cc1C. The van der Waals surface area contributed by atoms with Crippen LogP contribution in [0.2, 0.25) is 0 Å². The predicted molar refractivity (Wildman–Crippen MR) is 96.1 cm³/mol. The third-order valence-corrected chi connectivity index (χ3v) is 4.54. The zero-order chi connectivity index (χ0) is 15.7. The second-order valence-corrected chi connectivity index (χ2v) is 6.15. The van der Waals surface area contributed by atoms with Crippen LogP contribution in [0.25, 0.3) is 5.57 Å². The summed E-state index contributed by atoms with van der Waals surface area (Å²) < 4.78 is 0. The Balaban J connectivity index is 2.23. The summed E-state index contributed by atoms with van der Waals surface area (Å²) >= 11 is 0. The minimum absolute atomic E-state index is 1.28. The van der Waals surface area contributed by atoms with Crippen molar-refractivity contribution >= 4 is 5.57 Å². The molecule has 2 aromatic carbocycles. The minimum atomic E-state index is 1.28. The van der Waals surface area contributed by atoms with E-state index in [0.717, 1.165) is 0 Å². The van der Waals surface area contributed by atoms with Gasteiger partial charge in [-0.2, -0.15) is 0 Å². The topological polar surface area (TPSA) is 0 Å². The quantitative estimate of drug-likeness (QED) is 0.649. The number of aryl methyl sites for hydroxylation is 4. The van der Waals surface area contributed by atoms with E-state index in [-0.39, 0.29) is 0 Å². The molecule has 1 aliphatic rings. The fourth-order valence-corrected chi connectivity index (χ4v) is 2.83. The maximum absolute atomic E-state index is 2.30. The molecule has 0 bridgehead atoms. The molecule has 0 aromatic heterocycles. The monoisotopic (exact) mass is 286 g/mol. The van der Waals surface area contributed by atoms with Gasteiger partial charge in [-0.15, -0.1) is 0 Å². The molecule has 0 saturated carbocycles. The van der Waals surface area contributed by atoms with Crippen molar-refractivity contribution in [3.05, 3.63) is 99.7 Å². The Morgan fingerprint density at radius 2 is 1.05 bits per heavy atom. The lowest BCUT2D eigenvalue weighted by molar-refractivity contribution is 1.31. The van der Waals surface area contributed by atoms with Crippen LogP contribution in [-0.2, 0) is 0 Å². The number of hydrogen-bond donors (Lipinski definition) is 0. The van der Waals surface area contributed by atoms with Gasteiger partial charge in [0.25, 0.3) is 0 Å². The van der Waals surface area contributed by atoms with Crippen molar-refractivity contribution in [3.8, 4) is 0 Å². The van der Waals surface area contributed by atoms with Crippen molar-refractivity contribution in [2.75, 3.05) is 0 Å². The lowest BCUT2D eigenvalue weighted by Gasteiger charge is -2.14. The van der Waals surface area contributed by atoms with Crippen molar-refractivity contribution in [1.82, 2.24) is 0 Å². The van der Waals surface area contributed by atoms with E-state index in [9.17, 15) is 0 Å². The second kappa shape index (κ2) is 5.81. The second-order valence-electron chi connectivity index (χ2n) is 6.15. The van der Waals surface area contributed by atoms with Gasteiger partial charge in [-0.25, -0.2) is 0 Å². The smallest absolute Gasteiger partial charge is 0.00387 e. The Bertz CT molecular complexity index is 746. The molecule has 2 aromatic rings. The van der Waals surface area contributed by atoms with Crippen molar-refractivity contribution in [3.63, 3.8) is 0 Å². The van der Waals surface area contributed by atoms with Crippen LogP contribution in [0.3, 0.4) is 0 Å². The first-order valence-corrected chi connectivity index (χ1v) is 7.80. The molecular formula is C22H22. The first-order valence-electron chi connectivity index (χ1n) is 7.80. The summed E-state index contributed by atoms with van der Waals surface area (Å²) in [5, 5.41) is 0. The van der Waals surface area contributed by atoms with Gasteiger partial charge >= 0.3 is 0 Å². The van der Waals surface area contributed by atoms with E-state index in [1.807, 2.05) is 0 Å². The van der Waals surface area contributed by atoms with Crippen LogP contribution in [0.4, 0.5) is 0 Å². The third-order valence-electron chi connectivity index (χ3n) is 4.54. The third kappa shape index (κ3) is 2.69. The van der Waals surface area contributed by atoms with E-state index in [1.165, 1.54) is 44.5 Å². The molecule has 1 aliphatic carbocycles. The summed E-state index contributed by atoms with van der Waals surface area (Å²) in [5.74, 6) is 0. The molecule has 0 N–H and O–H groups in total. The van der Waals surface area contributed by atoms with E-state index in [2.05, 4.69) is 88.4 Å². The largest absolute Gasteiger partial charge is 0.0616 e. The average Bonchev–Trinajstić information content (AvgIpc) is 3.01. The highest BCUT2D eigenvalue weighted by Gasteiger charge is 2.12. The Morgan fingerprint density at radius 3 is 1.45 bits per heavy atom. The van der Waals surface area contributed by atoms with E-state index in [4.69, 9.17) is 0 Å². The highest BCUT2D eigenvalue weighted by atomic mass is 14.2. The van der Waals surface area contributed by atoms with Gasteiger partial charge in [-0.1, -0.05) is 60.7 Å². The molecular weight excluding hydrogens is 264 g/mol. The first kappa shape index (κ1) is 14.6. The molecule has 0 aliphatic heterocycles. The molecule has 3 rings (SSSR count). The van der Waals surface area contributed by atoms with Gasteiger partial charge < -0.3 is 0 Å². The number of allylic oxidation sites excluding steroid dienone is 5. The molecule has 0 amide bonds. The zero-order valence-electron chi connectivity index (χ0n) is 13.8. The first-order chi connectivity index (χ1) is 10.6. The number of benzene rings is 2. The highest BCUT2D eigenvalue weighted by Crippen LogP contribution is 2.32. The van der Waals surface area contributed by atoms with Crippen LogP contribution >= 0.6 is 0 Å². The molecule has 0 heterocycles. The summed E-state index contributed by atoms with van der Waals surface area (Å²) in [7, 11) is 0. The van der Waals surface area contributed by atoms with Gasteiger partial charge in [0.15, 0.2) is 0 Å². The van der Waals surface area contributed by atoms with Crippen molar-refractivity contribution in [1.29, 1.82) is 0 Å². The van der Waals surface area contributed by atoms with Gasteiger partial charge in [0, 0.05) is 0 Å². The molecule has 0 saturated heterocycles. The summed E-state index contributed by atoms with van der Waals surface area (Å²) in [6.45, 7) is 8.69. The molecule has 0 spiro atoms. The Morgan fingerprint density at radius 1 is 0.591 bits per heavy atom. The summed E-state index contributed by atoms with van der Waals surface area (Å²) in [4.78, 5) is 0. The van der Waals surface area contributed by atoms with Gasteiger partial charge in [0.05, 0.1) is 0 Å². The number of hydrogen-bond acceptors (Lipinski definition) is 0.